The van der Waals surface area contributed by atoms with Crippen LogP contribution in [0, 0.1) is 0 Å². The molecule has 1 atom stereocenters. The van der Waals surface area contributed by atoms with Crippen LogP contribution in [0.4, 0.5) is 0 Å². The van der Waals surface area contributed by atoms with Gasteiger partial charge in [0.2, 0.25) is 0 Å². The van der Waals surface area contributed by atoms with Crippen LogP contribution in [0.2, 0.25) is 0 Å². The van der Waals surface area contributed by atoms with E-state index < -0.39 is 5.60 Å². The smallest absolute Gasteiger partial charge is 0.109 e. The first-order chi connectivity index (χ1) is 6.26. The van der Waals surface area contributed by atoms with Crippen LogP contribution in [-0.2, 0) is 5.60 Å². The number of fused-ring (bicyclic) bond motifs is 1. The molecule has 0 aromatic heterocycles. The highest BCUT2D eigenvalue weighted by Gasteiger charge is 2.31. The van der Waals surface area contributed by atoms with E-state index in [0.29, 0.717) is 0 Å². The van der Waals surface area contributed by atoms with Gasteiger partial charge in [-0.05, 0) is 12.5 Å². The molecule has 1 aliphatic rings. The molecule has 2 rings (SSSR count). The molecule has 1 aliphatic heterocycles. The molecule has 1 heterocycles. The van der Waals surface area contributed by atoms with Crippen molar-refractivity contribution in [1.29, 1.82) is 0 Å². The highest BCUT2D eigenvalue weighted by Crippen LogP contribution is 2.40. The average molecular weight is 192 g/mol. The van der Waals surface area contributed by atoms with E-state index in [1.54, 1.807) is 17.8 Å². The lowest BCUT2D eigenvalue weighted by atomic mass is 9.91. The quantitative estimate of drug-likeness (QED) is 0.690. The van der Waals surface area contributed by atoms with Gasteiger partial charge >= 0.3 is 0 Å². The molecule has 0 fully saturated rings. The largest absolute Gasteiger partial charge is 0.381 e. The number of hydrogen-bond donors (Lipinski definition) is 1. The van der Waals surface area contributed by atoms with Crippen LogP contribution in [0.3, 0.4) is 0 Å². The Morgan fingerprint density at radius 2 is 2.23 bits per heavy atom. The van der Waals surface area contributed by atoms with Gasteiger partial charge in [-0.15, -0.1) is 11.8 Å². The molecule has 0 aliphatic carbocycles. The lowest BCUT2D eigenvalue weighted by Gasteiger charge is -2.31. The van der Waals surface area contributed by atoms with E-state index in [-0.39, 0.29) is 0 Å². The molecule has 13 heavy (non-hydrogen) atoms. The third-order valence-electron chi connectivity index (χ3n) is 2.43. The van der Waals surface area contributed by atoms with Crippen LogP contribution in [0.15, 0.2) is 41.8 Å². The van der Waals surface area contributed by atoms with Gasteiger partial charge in [-0.3, -0.25) is 0 Å². The first-order valence-electron chi connectivity index (χ1n) is 4.34. The normalized spacial score (nSPS) is 26.5. The highest BCUT2D eigenvalue weighted by atomic mass is 32.2. The lowest BCUT2D eigenvalue weighted by Crippen LogP contribution is -2.27. The Morgan fingerprint density at radius 1 is 1.46 bits per heavy atom. The number of aliphatic hydroxyl groups is 1. The second-order valence-electron chi connectivity index (χ2n) is 3.22. The zero-order valence-corrected chi connectivity index (χ0v) is 8.18. The highest BCUT2D eigenvalue weighted by molar-refractivity contribution is 7.99. The molecule has 0 spiro atoms. The van der Waals surface area contributed by atoms with Crippen molar-refractivity contribution in [2.24, 2.45) is 0 Å². The van der Waals surface area contributed by atoms with Crippen molar-refractivity contribution < 1.29 is 5.11 Å². The van der Waals surface area contributed by atoms with Crippen LogP contribution >= 0.6 is 11.8 Å². The van der Waals surface area contributed by atoms with Crippen LogP contribution in [-0.4, -0.2) is 10.9 Å². The van der Waals surface area contributed by atoms with Gasteiger partial charge in [0.15, 0.2) is 0 Å². The summed E-state index contributed by atoms with van der Waals surface area (Å²) in [5, 5.41) is 10.2. The Hall–Kier alpha value is -0.730. The topological polar surface area (TPSA) is 20.2 Å². The summed E-state index contributed by atoms with van der Waals surface area (Å²) in [6.07, 6.45) is 2.41. The van der Waals surface area contributed by atoms with Crippen molar-refractivity contribution in [3.8, 4) is 0 Å². The molecule has 0 bridgehead atoms. The number of thioether (sulfide) groups is 1. The third kappa shape index (κ3) is 1.40. The fourth-order valence-corrected chi connectivity index (χ4v) is 2.82. The van der Waals surface area contributed by atoms with E-state index in [1.165, 1.54) is 4.90 Å². The molecule has 0 radical (unpaired) electrons. The van der Waals surface area contributed by atoms with Gasteiger partial charge in [-0.1, -0.05) is 30.9 Å². The molecule has 1 aromatic rings. The fraction of sp³-hybridized carbons (Fsp3) is 0.273. The Kier molecular flexibility index (Phi) is 2.18. The van der Waals surface area contributed by atoms with E-state index in [2.05, 4.69) is 6.58 Å². The first-order valence-corrected chi connectivity index (χ1v) is 5.33. The molecule has 2 heteroatoms. The summed E-state index contributed by atoms with van der Waals surface area (Å²) < 4.78 is 0. The molecule has 0 amide bonds. The summed E-state index contributed by atoms with van der Waals surface area (Å²) in [5.41, 5.74) is 0.197. The summed E-state index contributed by atoms with van der Waals surface area (Å²) in [6.45, 7) is 3.70. The van der Waals surface area contributed by atoms with E-state index >= 15 is 0 Å². The maximum absolute atomic E-state index is 10.2. The Morgan fingerprint density at radius 3 is 3.00 bits per heavy atom. The number of rotatable bonds is 1. The van der Waals surface area contributed by atoms with E-state index in [1.807, 2.05) is 24.3 Å². The Labute approximate surface area is 82.5 Å². The third-order valence-corrected chi connectivity index (χ3v) is 3.51. The van der Waals surface area contributed by atoms with Crippen LogP contribution in [0.1, 0.15) is 12.0 Å². The van der Waals surface area contributed by atoms with Gasteiger partial charge in [0.1, 0.15) is 5.60 Å². The maximum Gasteiger partial charge on any atom is 0.109 e. The van der Waals surface area contributed by atoms with Gasteiger partial charge in [0.05, 0.1) is 0 Å². The molecule has 1 N–H and O–H groups in total. The van der Waals surface area contributed by atoms with Crippen LogP contribution in [0.5, 0.6) is 0 Å². The van der Waals surface area contributed by atoms with Crippen molar-refractivity contribution in [3.63, 3.8) is 0 Å². The van der Waals surface area contributed by atoms with E-state index in [9.17, 15) is 5.11 Å². The van der Waals surface area contributed by atoms with Crippen molar-refractivity contribution >= 4 is 11.8 Å². The lowest BCUT2D eigenvalue weighted by molar-refractivity contribution is 0.0822. The van der Waals surface area contributed by atoms with Gasteiger partial charge in [-0.25, -0.2) is 0 Å². The molecular formula is C11H12OS. The summed E-state index contributed by atoms with van der Waals surface area (Å²) in [4.78, 5) is 1.18. The zero-order chi connectivity index (χ0) is 9.31. The zero-order valence-electron chi connectivity index (χ0n) is 7.36. The maximum atomic E-state index is 10.2. The summed E-state index contributed by atoms with van der Waals surface area (Å²) >= 11 is 1.80. The van der Waals surface area contributed by atoms with E-state index in [0.717, 1.165) is 17.7 Å². The molecule has 68 valence electrons. The number of benzene rings is 1. The van der Waals surface area contributed by atoms with Crippen molar-refractivity contribution in [2.45, 2.75) is 16.9 Å². The predicted octanol–water partition coefficient (Wildman–Crippen LogP) is 2.56. The Bertz CT molecular complexity index is 335. The summed E-state index contributed by atoms with van der Waals surface area (Å²) in [7, 11) is 0. The summed E-state index contributed by atoms with van der Waals surface area (Å²) in [6, 6.07) is 7.98. The van der Waals surface area contributed by atoms with Crippen molar-refractivity contribution in [2.75, 3.05) is 5.75 Å². The minimum absolute atomic E-state index is 0.762. The molecule has 1 aromatic carbocycles. The number of hydrogen-bond acceptors (Lipinski definition) is 2. The van der Waals surface area contributed by atoms with Crippen molar-refractivity contribution in [1.82, 2.24) is 0 Å². The summed E-state index contributed by atoms with van der Waals surface area (Å²) in [5.74, 6) is 0.958. The SMILES string of the molecule is C=CC1(O)CCSc2ccccc21. The monoisotopic (exact) mass is 192 g/mol. The van der Waals surface area contributed by atoms with Gasteiger partial charge in [0.25, 0.3) is 0 Å². The molecular weight excluding hydrogens is 180 g/mol. The molecule has 1 unspecified atom stereocenters. The first kappa shape index (κ1) is 8.85. The van der Waals surface area contributed by atoms with Gasteiger partial charge in [-0.2, -0.15) is 0 Å². The van der Waals surface area contributed by atoms with Crippen LogP contribution in [0.25, 0.3) is 0 Å². The molecule has 0 saturated carbocycles. The van der Waals surface area contributed by atoms with Gasteiger partial charge in [0, 0.05) is 16.2 Å². The minimum Gasteiger partial charge on any atom is -0.381 e. The second kappa shape index (κ2) is 3.20. The van der Waals surface area contributed by atoms with Gasteiger partial charge < -0.3 is 5.11 Å². The average Bonchev–Trinajstić information content (AvgIpc) is 2.19. The standard InChI is InChI=1S/C11H12OS/c1-2-11(12)7-8-13-10-6-4-3-5-9(10)11/h2-6,12H,1,7-8H2. The minimum atomic E-state index is -0.804. The Balaban J connectivity index is 2.54. The van der Waals surface area contributed by atoms with Crippen LogP contribution < -0.4 is 0 Å². The second-order valence-corrected chi connectivity index (χ2v) is 4.36. The molecule has 0 saturated heterocycles. The fourth-order valence-electron chi connectivity index (χ4n) is 1.61. The molecule has 1 nitrogen and oxygen atoms in total. The predicted molar refractivity (Wildman–Crippen MR) is 55.9 cm³/mol. The van der Waals surface area contributed by atoms with Crippen molar-refractivity contribution in [3.05, 3.63) is 42.5 Å². The van der Waals surface area contributed by atoms with E-state index in [4.69, 9.17) is 0 Å².